The Morgan fingerprint density at radius 2 is 1.85 bits per heavy atom. The van der Waals surface area contributed by atoms with Crippen molar-refractivity contribution in [3.8, 4) is 0 Å². The summed E-state index contributed by atoms with van der Waals surface area (Å²) in [5.74, 6) is 2.17. The Labute approximate surface area is 246 Å². The molecular weight excluding hydrogens is 538 g/mol. The van der Waals surface area contributed by atoms with Gasteiger partial charge >= 0.3 is 6.03 Å². The Balaban J connectivity index is 1.53. The molecule has 0 radical (unpaired) electrons. The summed E-state index contributed by atoms with van der Waals surface area (Å²) in [6, 6.07) is 17.2. The van der Waals surface area contributed by atoms with E-state index in [9.17, 15) is 4.79 Å². The SMILES string of the molecule is C[C@H]1C[C@H](C(C)(C)C)CCC1(C)N(O[SiH3])c1ncc2c(n1)N(Cc1ccccc1)C(=O)N(c1ccccc1Cl)C2. The van der Waals surface area contributed by atoms with Crippen LogP contribution in [0.3, 0.4) is 0 Å². The largest absolute Gasteiger partial charge is 0.330 e. The number of hydroxylamine groups is 1. The zero-order valence-corrected chi connectivity index (χ0v) is 27.2. The molecule has 2 aromatic carbocycles. The van der Waals surface area contributed by atoms with Crippen LogP contribution >= 0.6 is 11.6 Å². The van der Waals surface area contributed by atoms with Crippen molar-refractivity contribution >= 4 is 45.6 Å². The van der Waals surface area contributed by atoms with E-state index in [1.807, 2.05) is 59.8 Å². The maximum Gasteiger partial charge on any atom is 0.330 e. The number of carbonyl (C=O) groups excluding carboxylic acids is 1. The first-order valence-electron chi connectivity index (χ1n) is 14.1. The minimum Gasteiger partial charge on any atom is -0.328 e. The van der Waals surface area contributed by atoms with Crippen LogP contribution in [0.1, 0.15) is 65.0 Å². The number of anilines is 3. The molecule has 1 unspecified atom stereocenters. The number of halogens is 1. The van der Waals surface area contributed by atoms with E-state index in [1.54, 1.807) is 15.9 Å². The quantitative estimate of drug-likeness (QED) is 0.246. The lowest BCUT2D eigenvalue weighted by Crippen LogP contribution is -2.55. The first-order chi connectivity index (χ1) is 19.0. The van der Waals surface area contributed by atoms with Crippen LogP contribution in [0.25, 0.3) is 0 Å². The molecule has 7 nitrogen and oxygen atoms in total. The standard InChI is InChI=1S/C31H40ClN5O2Si/c1-21-17-24(30(2,3)4)15-16-31(21,5)37(39-40)28-33-18-23-20-35(26-14-10-9-13-25(26)32)29(38)36(27(23)34-28)19-22-11-7-6-8-12-22/h6-14,18,21,24H,15-17,19-20H2,1-5,40H3/t21-,24+,31?/m0/s1. The molecule has 0 N–H and O–H groups in total. The number of aromatic nitrogens is 2. The molecule has 40 heavy (non-hydrogen) atoms. The Hall–Kier alpha value is -2.94. The van der Waals surface area contributed by atoms with E-state index in [0.717, 1.165) is 30.4 Å². The molecule has 1 aliphatic carbocycles. The van der Waals surface area contributed by atoms with Crippen LogP contribution < -0.4 is 14.9 Å². The van der Waals surface area contributed by atoms with Crippen molar-refractivity contribution in [2.45, 2.75) is 72.5 Å². The Morgan fingerprint density at radius 3 is 2.50 bits per heavy atom. The fourth-order valence-electron chi connectivity index (χ4n) is 6.19. The molecule has 5 rings (SSSR count). The molecule has 2 aliphatic rings. The first-order valence-corrected chi connectivity index (χ1v) is 15.3. The zero-order valence-electron chi connectivity index (χ0n) is 24.4. The van der Waals surface area contributed by atoms with E-state index in [1.165, 1.54) is 0 Å². The summed E-state index contributed by atoms with van der Waals surface area (Å²) in [6.45, 7) is 12.3. The molecule has 0 bridgehead atoms. The van der Waals surface area contributed by atoms with E-state index in [-0.39, 0.29) is 17.0 Å². The van der Waals surface area contributed by atoms with Crippen molar-refractivity contribution < 1.29 is 9.32 Å². The highest BCUT2D eigenvalue weighted by molar-refractivity contribution is 6.34. The number of hydrogen-bond acceptors (Lipinski definition) is 5. The third-order valence-corrected chi connectivity index (χ3v) is 9.64. The molecule has 2 heterocycles. The van der Waals surface area contributed by atoms with E-state index in [4.69, 9.17) is 26.1 Å². The van der Waals surface area contributed by atoms with Gasteiger partial charge in [0.2, 0.25) is 0 Å². The highest BCUT2D eigenvalue weighted by atomic mass is 35.5. The van der Waals surface area contributed by atoms with Crippen LogP contribution in [0, 0.1) is 17.3 Å². The van der Waals surface area contributed by atoms with Crippen molar-refractivity contribution in [1.82, 2.24) is 9.97 Å². The molecule has 212 valence electrons. The number of fused-ring (bicyclic) bond motifs is 1. The number of amides is 2. The van der Waals surface area contributed by atoms with Gasteiger partial charge in [0.1, 0.15) is 5.82 Å². The molecule has 3 aromatic rings. The molecule has 1 aromatic heterocycles. The number of hydrogen-bond donors (Lipinski definition) is 0. The van der Waals surface area contributed by atoms with Gasteiger partial charge in [-0.3, -0.25) is 9.80 Å². The molecule has 0 spiro atoms. The summed E-state index contributed by atoms with van der Waals surface area (Å²) in [5.41, 5.74) is 2.58. The fraction of sp³-hybridized carbons (Fsp3) is 0.452. The Bertz CT molecular complexity index is 1370. The summed E-state index contributed by atoms with van der Waals surface area (Å²) in [7, 11) is 0.506. The van der Waals surface area contributed by atoms with Gasteiger partial charge in [-0.15, -0.1) is 0 Å². The van der Waals surface area contributed by atoms with Gasteiger partial charge < -0.3 is 4.53 Å². The van der Waals surface area contributed by atoms with Gasteiger partial charge in [-0.2, -0.15) is 4.98 Å². The zero-order chi connectivity index (χ0) is 28.7. The van der Waals surface area contributed by atoms with Crippen LogP contribution in [0.2, 0.25) is 5.02 Å². The highest BCUT2D eigenvalue weighted by Gasteiger charge is 2.46. The highest BCUT2D eigenvalue weighted by Crippen LogP contribution is 2.47. The number of para-hydroxylation sites is 1. The summed E-state index contributed by atoms with van der Waals surface area (Å²) in [4.78, 5) is 27.3. The van der Waals surface area contributed by atoms with Crippen LogP contribution in [0.5, 0.6) is 0 Å². The van der Waals surface area contributed by atoms with E-state index < -0.39 is 0 Å². The van der Waals surface area contributed by atoms with Gasteiger partial charge in [-0.25, -0.2) is 14.8 Å². The Kier molecular flexibility index (Phi) is 7.96. The first kappa shape index (κ1) is 28.6. The monoisotopic (exact) mass is 577 g/mol. The average Bonchev–Trinajstić information content (AvgIpc) is 2.92. The third-order valence-electron chi connectivity index (χ3n) is 8.95. The lowest BCUT2D eigenvalue weighted by molar-refractivity contribution is 0.0472. The maximum absolute atomic E-state index is 14.0. The third kappa shape index (κ3) is 5.37. The summed E-state index contributed by atoms with van der Waals surface area (Å²) in [5, 5.41) is 2.47. The number of nitrogens with zero attached hydrogens (tertiary/aromatic N) is 5. The molecule has 1 saturated carbocycles. The van der Waals surface area contributed by atoms with Gasteiger partial charge in [-0.1, -0.05) is 81.8 Å². The van der Waals surface area contributed by atoms with Crippen molar-refractivity contribution in [2.24, 2.45) is 17.3 Å². The van der Waals surface area contributed by atoms with Crippen molar-refractivity contribution in [3.63, 3.8) is 0 Å². The van der Waals surface area contributed by atoms with Crippen LogP contribution in [-0.2, 0) is 17.6 Å². The van der Waals surface area contributed by atoms with Crippen molar-refractivity contribution in [1.29, 1.82) is 0 Å². The topological polar surface area (TPSA) is 61.8 Å². The number of urea groups is 1. The molecule has 2 amide bonds. The van der Waals surface area contributed by atoms with Crippen LogP contribution in [0.4, 0.5) is 22.2 Å². The molecule has 1 aliphatic heterocycles. The number of carbonyl (C=O) groups is 1. The van der Waals surface area contributed by atoms with Gasteiger partial charge in [0.25, 0.3) is 5.95 Å². The minimum absolute atomic E-state index is 0.169. The predicted molar refractivity (Wildman–Crippen MR) is 166 cm³/mol. The van der Waals surface area contributed by atoms with E-state index in [2.05, 4.69) is 34.6 Å². The van der Waals surface area contributed by atoms with Crippen LogP contribution in [0.15, 0.2) is 60.8 Å². The molecule has 1 fully saturated rings. The number of benzene rings is 2. The van der Waals surface area contributed by atoms with E-state index >= 15 is 0 Å². The molecular formula is C31H40ClN5O2Si. The van der Waals surface area contributed by atoms with Gasteiger partial charge in [0.15, 0.2) is 10.5 Å². The van der Waals surface area contributed by atoms with Crippen molar-refractivity contribution in [2.75, 3.05) is 14.9 Å². The fourth-order valence-corrected chi connectivity index (χ4v) is 7.01. The second-order valence-corrected chi connectivity index (χ2v) is 13.3. The van der Waals surface area contributed by atoms with Crippen molar-refractivity contribution in [3.05, 3.63) is 76.9 Å². The van der Waals surface area contributed by atoms with Crippen LogP contribution in [-0.4, -0.2) is 32.0 Å². The summed E-state index contributed by atoms with van der Waals surface area (Å²) < 4.78 is 6.16. The smallest absolute Gasteiger partial charge is 0.328 e. The second-order valence-electron chi connectivity index (χ2n) is 12.5. The summed E-state index contributed by atoms with van der Waals surface area (Å²) in [6.07, 6.45) is 5.08. The van der Waals surface area contributed by atoms with Gasteiger partial charge in [0.05, 0.1) is 29.3 Å². The normalized spacial score (nSPS) is 23.3. The lowest BCUT2D eigenvalue weighted by atomic mass is 9.63. The minimum atomic E-state index is -0.246. The average molecular weight is 578 g/mol. The molecule has 3 atom stereocenters. The van der Waals surface area contributed by atoms with Gasteiger partial charge in [-0.05, 0) is 61.1 Å². The summed E-state index contributed by atoms with van der Waals surface area (Å²) >= 11 is 6.53. The van der Waals surface area contributed by atoms with Gasteiger partial charge in [0, 0.05) is 11.8 Å². The number of rotatable bonds is 6. The van der Waals surface area contributed by atoms with E-state index in [0.29, 0.717) is 57.9 Å². The lowest BCUT2D eigenvalue weighted by Gasteiger charge is -2.51. The Morgan fingerprint density at radius 1 is 1.15 bits per heavy atom. The predicted octanol–water partition coefficient (Wildman–Crippen LogP) is 6.54. The molecule has 0 saturated heterocycles. The molecule has 9 heteroatoms. The second kappa shape index (κ2) is 11.1. The maximum atomic E-state index is 14.0.